The lowest BCUT2D eigenvalue weighted by molar-refractivity contribution is -0.147. The predicted molar refractivity (Wildman–Crippen MR) is 99.4 cm³/mol. The zero-order valence-corrected chi connectivity index (χ0v) is 16.0. The van der Waals surface area contributed by atoms with Crippen LogP contribution in [-0.4, -0.2) is 42.5 Å². The molecule has 6 nitrogen and oxygen atoms in total. The normalized spacial score (nSPS) is 11.9. The van der Waals surface area contributed by atoms with Gasteiger partial charge in [0.15, 0.2) is 0 Å². The van der Waals surface area contributed by atoms with Gasteiger partial charge in [0, 0.05) is 15.7 Å². The first kappa shape index (κ1) is 19.4. The minimum atomic E-state index is -0.790. The number of anilines is 1. The van der Waals surface area contributed by atoms with Gasteiger partial charge >= 0.3 is 5.97 Å². The van der Waals surface area contributed by atoms with Crippen molar-refractivity contribution in [2.24, 2.45) is 0 Å². The first-order valence-electron chi connectivity index (χ1n) is 7.36. The molecule has 2 aromatic rings. The molecule has 0 bridgehead atoms. The molecule has 0 aliphatic rings. The third-order valence-corrected chi connectivity index (χ3v) is 4.27. The van der Waals surface area contributed by atoms with Crippen molar-refractivity contribution in [3.63, 3.8) is 0 Å². The Morgan fingerprint density at radius 2 is 2.04 bits per heavy atom. The zero-order chi connectivity index (χ0) is 18.4. The van der Waals surface area contributed by atoms with Gasteiger partial charge in [0.25, 0.3) is 0 Å². The molecule has 0 aliphatic carbocycles. The minimum Gasteiger partial charge on any atom is -0.468 e. The van der Waals surface area contributed by atoms with E-state index in [1.807, 2.05) is 0 Å². The fraction of sp³-hybridized carbons (Fsp3) is 0.235. The van der Waals surface area contributed by atoms with Gasteiger partial charge < -0.3 is 10.1 Å². The standard InChI is InChI=1S/C17H17BrClN3O3/c1-22(10-15(23)21-14-8-7-11(18)9-20-14)16(17(24)25-2)12-5-3-4-6-13(12)19/h3-9,16H,10H2,1-2H3,(H,20,21,23)/t16-/m1/s1. The number of benzene rings is 1. The second kappa shape index (κ2) is 8.94. The molecule has 0 fully saturated rings. The average molecular weight is 427 g/mol. The lowest BCUT2D eigenvalue weighted by atomic mass is 10.1. The van der Waals surface area contributed by atoms with E-state index in [-0.39, 0.29) is 12.5 Å². The number of amides is 1. The summed E-state index contributed by atoms with van der Waals surface area (Å²) in [6.45, 7) is -0.0390. The average Bonchev–Trinajstić information content (AvgIpc) is 2.58. The van der Waals surface area contributed by atoms with Crippen LogP contribution in [0.25, 0.3) is 0 Å². The maximum absolute atomic E-state index is 12.2. The molecule has 0 saturated heterocycles. The second-order valence-electron chi connectivity index (χ2n) is 5.27. The van der Waals surface area contributed by atoms with E-state index in [0.29, 0.717) is 16.4 Å². The molecule has 0 radical (unpaired) electrons. The summed E-state index contributed by atoms with van der Waals surface area (Å²) in [5, 5.41) is 3.11. The van der Waals surface area contributed by atoms with Gasteiger partial charge in [-0.15, -0.1) is 0 Å². The molecule has 1 aromatic carbocycles. The van der Waals surface area contributed by atoms with Crippen LogP contribution in [0.1, 0.15) is 11.6 Å². The van der Waals surface area contributed by atoms with Crippen molar-refractivity contribution in [2.45, 2.75) is 6.04 Å². The number of hydrogen-bond donors (Lipinski definition) is 1. The largest absolute Gasteiger partial charge is 0.468 e. The van der Waals surface area contributed by atoms with Crippen LogP contribution in [0.5, 0.6) is 0 Å². The summed E-state index contributed by atoms with van der Waals surface area (Å²) in [6.07, 6.45) is 1.58. The predicted octanol–water partition coefficient (Wildman–Crippen LogP) is 3.28. The van der Waals surface area contributed by atoms with Crippen molar-refractivity contribution < 1.29 is 14.3 Å². The number of methoxy groups -OCH3 is 1. The Labute approximate surface area is 159 Å². The fourth-order valence-electron chi connectivity index (χ4n) is 2.30. The van der Waals surface area contributed by atoms with Crippen molar-refractivity contribution >= 4 is 45.2 Å². The Hall–Kier alpha value is -1.96. The zero-order valence-electron chi connectivity index (χ0n) is 13.7. The van der Waals surface area contributed by atoms with Gasteiger partial charge in [0.05, 0.1) is 13.7 Å². The van der Waals surface area contributed by atoms with Crippen LogP contribution in [0.3, 0.4) is 0 Å². The monoisotopic (exact) mass is 425 g/mol. The minimum absolute atomic E-state index is 0.0390. The van der Waals surface area contributed by atoms with Crippen LogP contribution in [0.4, 0.5) is 5.82 Å². The highest BCUT2D eigenvalue weighted by atomic mass is 79.9. The molecular formula is C17H17BrClN3O3. The molecule has 1 amide bonds. The number of nitrogens with one attached hydrogen (secondary N) is 1. The summed E-state index contributed by atoms with van der Waals surface area (Å²) < 4.78 is 5.68. The molecule has 132 valence electrons. The number of aromatic nitrogens is 1. The highest BCUT2D eigenvalue weighted by Crippen LogP contribution is 2.27. The highest BCUT2D eigenvalue weighted by Gasteiger charge is 2.29. The number of rotatable bonds is 6. The molecule has 2 rings (SSSR count). The number of ether oxygens (including phenoxy) is 1. The number of esters is 1. The quantitative estimate of drug-likeness (QED) is 0.718. The molecule has 8 heteroatoms. The summed E-state index contributed by atoms with van der Waals surface area (Å²) in [6, 6.07) is 9.62. The van der Waals surface area contributed by atoms with Crippen LogP contribution in [-0.2, 0) is 14.3 Å². The number of pyridine rings is 1. The lowest BCUT2D eigenvalue weighted by Gasteiger charge is -2.26. The molecule has 1 aromatic heterocycles. The summed E-state index contributed by atoms with van der Waals surface area (Å²) >= 11 is 9.48. The van der Waals surface area contributed by atoms with Crippen molar-refractivity contribution in [2.75, 3.05) is 26.0 Å². The van der Waals surface area contributed by atoms with Crippen LogP contribution in [0, 0.1) is 0 Å². The number of carbonyl (C=O) groups is 2. The van der Waals surface area contributed by atoms with Gasteiger partial charge in [-0.25, -0.2) is 9.78 Å². The van der Waals surface area contributed by atoms with Gasteiger partial charge in [0.2, 0.25) is 5.91 Å². The van der Waals surface area contributed by atoms with E-state index in [1.54, 1.807) is 54.5 Å². The topological polar surface area (TPSA) is 71.5 Å². The number of nitrogens with zero attached hydrogens (tertiary/aromatic N) is 2. The maximum Gasteiger partial charge on any atom is 0.327 e. The van der Waals surface area contributed by atoms with Crippen molar-refractivity contribution in [1.29, 1.82) is 0 Å². The van der Waals surface area contributed by atoms with E-state index in [0.717, 1.165) is 4.47 Å². The molecule has 0 unspecified atom stereocenters. The summed E-state index contributed by atoms with van der Waals surface area (Å²) in [5.41, 5.74) is 0.577. The van der Waals surface area contributed by atoms with Gasteiger partial charge in [-0.3, -0.25) is 9.69 Å². The van der Waals surface area contributed by atoms with Gasteiger partial charge in [-0.2, -0.15) is 0 Å². The molecule has 0 aliphatic heterocycles. The molecule has 0 saturated carbocycles. The molecule has 1 N–H and O–H groups in total. The Bertz CT molecular complexity index is 755. The lowest BCUT2D eigenvalue weighted by Crippen LogP contribution is -2.37. The van der Waals surface area contributed by atoms with E-state index < -0.39 is 12.0 Å². The van der Waals surface area contributed by atoms with Crippen LogP contribution in [0.15, 0.2) is 47.1 Å². The van der Waals surface area contributed by atoms with E-state index in [2.05, 4.69) is 26.2 Å². The Kier molecular flexibility index (Phi) is 6.92. The van der Waals surface area contributed by atoms with E-state index in [4.69, 9.17) is 16.3 Å². The van der Waals surface area contributed by atoms with Crippen LogP contribution < -0.4 is 5.32 Å². The second-order valence-corrected chi connectivity index (χ2v) is 6.60. The fourth-order valence-corrected chi connectivity index (χ4v) is 2.78. The summed E-state index contributed by atoms with van der Waals surface area (Å²) in [4.78, 5) is 30.1. The maximum atomic E-state index is 12.2. The Morgan fingerprint density at radius 1 is 1.32 bits per heavy atom. The number of hydrogen-bond acceptors (Lipinski definition) is 5. The Balaban J connectivity index is 2.12. The molecule has 1 atom stereocenters. The number of halogens is 2. The number of carbonyl (C=O) groups excluding carboxylic acids is 2. The molecular weight excluding hydrogens is 410 g/mol. The van der Waals surface area contributed by atoms with Crippen molar-refractivity contribution in [3.8, 4) is 0 Å². The van der Waals surface area contributed by atoms with Crippen LogP contribution in [0.2, 0.25) is 5.02 Å². The van der Waals surface area contributed by atoms with Crippen LogP contribution >= 0.6 is 27.5 Å². The van der Waals surface area contributed by atoms with Gasteiger partial charge in [-0.05, 0) is 46.7 Å². The SMILES string of the molecule is COC(=O)[C@@H](c1ccccc1Cl)N(C)CC(=O)Nc1ccc(Br)cn1. The smallest absolute Gasteiger partial charge is 0.327 e. The van der Waals surface area contributed by atoms with E-state index >= 15 is 0 Å². The van der Waals surface area contributed by atoms with E-state index in [1.165, 1.54) is 7.11 Å². The van der Waals surface area contributed by atoms with Gasteiger partial charge in [0.1, 0.15) is 11.9 Å². The summed E-state index contributed by atoms with van der Waals surface area (Å²) in [7, 11) is 2.95. The summed E-state index contributed by atoms with van der Waals surface area (Å²) in [5.74, 6) is -0.377. The molecule has 25 heavy (non-hydrogen) atoms. The molecule has 1 heterocycles. The number of likely N-dealkylation sites (N-methyl/N-ethyl adjacent to an activating group) is 1. The van der Waals surface area contributed by atoms with Crippen molar-refractivity contribution in [1.82, 2.24) is 9.88 Å². The van der Waals surface area contributed by atoms with E-state index in [9.17, 15) is 9.59 Å². The highest BCUT2D eigenvalue weighted by molar-refractivity contribution is 9.10. The van der Waals surface area contributed by atoms with Gasteiger partial charge in [-0.1, -0.05) is 29.8 Å². The molecule has 0 spiro atoms. The Morgan fingerprint density at radius 3 is 2.64 bits per heavy atom. The third kappa shape index (κ3) is 5.26. The first-order chi connectivity index (χ1) is 11.9. The van der Waals surface area contributed by atoms with Crippen molar-refractivity contribution in [3.05, 3.63) is 57.7 Å². The first-order valence-corrected chi connectivity index (χ1v) is 8.53. The third-order valence-electron chi connectivity index (χ3n) is 3.45.